The molecule has 1 amide bonds. The minimum Gasteiger partial charge on any atom is -0.481 e. The Morgan fingerprint density at radius 2 is 1.86 bits per heavy atom. The Bertz CT molecular complexity index is 227. The summed E-state index contributed by atoms with van der Waals surface area (Å²) < 4.78 is 35.5. The predicted octanol–water partition coefficient (Wildman–Crippen LogP) is 0.872. The predicted molar refractivity (Wildman–Crippen MR) is 40.6 cm³/mol. The second-order valence-electron chi connectivity index (χ2n) is 2.59. The fourth-order valence-electron chi connectivity index (χ4n) is 0.834. The van der Waals surface area contributed by atoms with Crippen molar-refractivity contribution in [1.82, 2.24) is 4.90 Å². The van der Waals surface area contributed by atoms with E-state index in [2.05, 4.69) is 0 Å². The van der Waals surface area contributed by atoms with Gasteiger partial charge in [-0.15, -0.1) is 0 Å². The van der Waals surface area contributed by atoms with Crippen molar-refractivity contribution in [3.63, 3.8) is 0 Å². The molecule has 0 aliphatic rings. The van der Waals surface area contributed by atoms with Gasteiger partial charge in [-0.1, -0.05) is 0 Å². The van der Waals surface area contributed by atoms with E-state index in [1.807, 2.05) is 0 Å². The zero-order chi connectivity index (χ0) is 11.4. The van der Waals surface area contributed by atoms with Crippen LogP contribution in [0.1, 0.15) is 13.3 Å². The fourth-order valence-corrected chi connectivity index (χ4v) is 0.834. The lowest BCUT2D eigenvalue weighted by Gasteiger charge is -2.21. The fraction of sp³-hybridized carbons (Fsp3) is 0.714. The van der Waals surface area contributed by atoms with Crippen molar-refractivity contribution in [2.45, 2.75) is 19.5 Å². The molecule has 0 rings (SSSR count). The Kier molecular flexibility index (Phi) is 4.39. The number of hydrogen-bond acceptors (Lipinski definition) is 2. The average molecular weight is 213 g/mol. The largest absolute Gasteiger partial charge is 0.481 e. The smallest absolute Gasteiger partial charge is 0.406 e. The third-order valence-corrected chi connectivity index (χ3v) is 1.41. The summed E-state index contributed by atoms with van der Waals surface area (Å²) in [5.74, 6) is -2.46. The van der Waals surface area contributed by atoms with E-state index in [0.29, 0.717) is 4.90 Å². The number of aliphatic carboxylic acids is 1. The van der Waals surface area contributed by atoms with Gasteiger partial charge in [-0.25, -0.2) is 0 Å². The van der Waals surface area contributed by atoms with Crippen LogP contribution in [0.2, 0.25) is 0 Å². The first-order valence-electron chi connectivity index (χ1n) is 3.82. The number of halogens is 3. The maximum Gasteiger partial charge on any atom is 0.406 e. The molecule has 0 heterocycles. The van der Waals surface area contributed by atoms with Gasteiger partial charge in [-0.3, -0.25) is 9.59 Å². The zero-order valence-electron chi connectivity index (χ0n) is 7.47. The summed E-state index contributed by atoms with van der Waals surface area (Å²) in [6.07, 6.45) is -5.41. The summed E-state index contributed by atoms with van der Waals surface area (Å²) in [6.45, 7) is -0.216. The first-order valence-corrected chi connectivity index (χ1v) is 3.82. The summed E-state index contributed by atoms with van der Waals surface area (Å²) in [4.78, 5) is 21.4. The van der Waals surface area contributed by atoms with E-state index in [4.69, 9.17) is 5.11 Å². The maximum atomic E-state index is 11.8. The van der Waals surface area contributed by atoms with Crippen LogP contribution in [0.5, 0.6) is 0 Å². The van der Waals surface area contributed by atoms with Crippen LogP contribution in [0, 0.1) is 0 Å². The molecule has 0 aromatic rings. The molecule has 0 spiro atoms. The first kappa shape index (κ1) is 12.7. The molecule has 4 nitrogen and oxygen atoms in total. The van der Waals surface area contributed by atoms with Gasteiger partial charge < -0.3 is 10.0 Å². The van der Waals surface area contributed by atoms with Crippen molar-refractivity contribution in [3.8, 4) is 0 Å². The number of carboxylic acids is 1. The van der Waals surface area contributed by atoms with Crippen LogP contribution in [0.15, 0.2) is 0 Å². The normalized spacial score (nSPS) is 11.1. The molecule has 0 bridgehead atoms. The number of carbonyl (C=O) groups is 2. The molecule has 7 heteroatoms. The molecule has 0 aliphatic carbocycles. The highest BCUT2D eigenvalue weighted by Gasteiger charge is 2.32. The minimum atomic E-state index is -4.50. The van der Waals surface area contributed by atoms with Gasteiger partial charge in [0.15, 0.2) is 0 Å². The monoisotopic (exact) mass is 213 g/mol. The standard InChI is InChI=1S/C7H10F3NO3/c1-2-11(4-7(8,9)10)5(12)3-6(13)14/h2-4H2,1H3,(H,13,14). The lowest BCUT2D eigenvalue weighted by molar-refractivity contribution is -0.163. The molecule has 0 atom stereocenters. The van der Waals surface area contributed by atoms with Crippen LogP contribution < -0.4 is 0 Å². The Morgan fingerprint density at radius 3 is 2.14 bits per heavy atom. The van der Waals surface area contributed by atoms with Crippen molar-refractivity contribution in [2.24, 2.45) is 0 Å². The molecule has 0 unspecified atom stereocenters. The molecule has 14 heavy (non-hydrogen) atoms. The summed E-state index contributed by atoms with van der Waals surface area (Å²) in [5.41, 5.74) is 0. The van der Waals surface area contributed by atoms with Crippen LogP contribution in [-0.4, -0.2) is 41.1 Å². The van der Waals surface area contributed by atoms with Crippen molar-refractivity contribution in [3.05, 3.63) is 0 Å². The molecular weight excluding hydrogens is 203 g/mol. The van der Waals surface area contributed by atoms with E-state index in [9.17, 15) is 22.8 Å². The number of carbonyl (C=O) groups excluding carboxylic acids is 1. The number of rotatable bonds is 4. The lowest BCUT2D eigenvalue weighted by Crippen LogP contribution is -2.39. The third kappa shape index (κ3) is 5.39. The van der Waals surface area contributed by atoms with Crippen molar-refractivity contribution >= 4 is 11.9 Å². The number of nitrogens with zero attached hydrogens (tertiary/aromatic N) is 1. The van der Waals surface area contributed by atoms with Gasteiger partial charge in [0.05, 0.1) is 0 Å². The summed E-state index contributed by atoms with van der Waals surface area (Å²) in [5, 5.41) is 8.20. The molecular formula is C7H10F3NO3. The van der Waals surface area contributed by atoms with Gasteiger partial charge in [0.25, 0.3) is 0 Å². The topological polar surface area (TPSA) is 57.6 Å². The van der Waals surface area contributed by atoms with Gasteiger partial charge in [0.1, 0.15) is 13.0 Å². The van der Waals surface area contributed by atoms with Gasteiger partial charge in [-0.2, -0.15) is 13.2 Å². The maximum absolute atomic E-state index is 11.8. The van der Waals surface area contributed by atoms with Gasteiger partial charge in [0, 0.05) is 6.54 Å². The van der Waals surface area contributed by atoms with E-state index in [1.165, 1.54) is 6.92 Å². The van der Waals surface area contributed by atoms with Gasteiger partial charge in [-0.05, 0) is 6.92 Å². The van der Waals surface area contributed by atoms with E-state index >= 15 is 0 Å². The second kappa shape index (κ2) is 4.83. The van der Waals surface area contributed by atoms with Crippen LogP contribution in [0.3, 0.4) is 0 Å². The Morgan fingerprint density at radius 1 is 1.36 bits per heavy atom. The molecule has 0 aliphatic heterocycles. The zero-order valence-corrected chi connectivity index (χ0v) is 7.47. The highest BCUT2D eigenvalue weighted by Crippen LogP contribution is 2.16. The molecule has 0 radical (unpaired) electrons. The SMILES string of the molecule is CCN(CC(F)(F)F)C(=O)CC(=O)O. The second-order valence-corrected chi connectivity index (χ2v) is 2.59. The highest BCUT2D eigenvalue weighted by molar-refractivity contribution is 5.93. The number of alkyl halides is 3. The Balaban J connectivity index is 4.27. The van der Waals surface area contributed by atoms with E-state index in [-0.39, 0.29) is 6.54 Å². The summed E-state index contributed by atoms with van der Waals surface area (Å²) in [6, 6.07) is 0. The average Bonchev–Trinajstić information content (AvgIpc) is 1.96. The number of amides is 1. The number of hydrogen-bond donors (Lipinski definition) is 1. The molecule has 0 aromatic carbocycles. The van der Waals surface area contributed by atoms with E-state index in [0.717, 1.165) is 0 Å². The quantitative estimate of drug-likeness (QED) is 0.705. The van der Waals surface area contributed by atoms with Crippen molar-refractivity contribution in [1.29, 1.82) is 0 Å². The summed E-state index contributed by atoms with van der Waals surface area (Å²) in [7, 11) is 0. The minimum absolute atomic E-state index is 0.161. The highest BCUT2D eigenvalue weighted by atomic mass is 19.4. The molecule has 0 fully saturated rings. The first-order chi connectivity index (χ1) is 6.26. The Labute approximate surface area is 78.3 Å². The van der Waals surface area contributed by atoms with Crippen molar-refractivity contribution < 1.29 is 27.9 Å². The van der Waals surface area contributed by atoms with Crippen LogP contribution in [0.25, 0.3) is 0 Å². The van der Waals surface area contributed by atoms with E-state index in [1.54, 1.807) is 0 Å². The van der Waals surface area contributed by atoms with Crippen LogP contribution in [0.4, 0.5) is 13.2 Å². The molecule has 1 N–H and O–H groups in total. The lowest BCUT2D eigenvalue weighted by atomic mass is 10.3. The van der Waals surface area contributed by atoms with Crippen LogP contribution in [-0.2, 0) is 9.59 Å². The molecule has 0 saturated carbocycles. The van der Waals surface area contributed by atoms with Crippen molar-refractivity contribution in [2.75, 3.05) is 13.1 Å². The third-order valence-electron chi connectivity index (χ3n) is 1.41. The summed E-state index contributed by atoms with van der Waals surface area (Å²) >= 11 is 0. The van der Waals surface area contributed by atoms with Gasteiger partial charge in [0.2, 0.25) is 5.91 Å². The van der Waals surface area contributed by atoms with E-state index < -0.39 is 31.0 Å². The van der Waals surface area contributed by atoms with Gasteiger partial charge >= 0.3 is 12.1 Å². The number of carboxylic acid groups (broad SMARTS) is 1. The van der Waals surface area contributed by atoms with Crippen LogP contribution >= 0.6 is 0 Å². The molecule has 0 aromatic heterocycles. The Hall–Kier alpha value is -1.27. The molecule has 82 valence electrons. The molecule has 0 saturated heterocycles.